The Hall–Kier alpha value is 0.567. The van der Waals surface area contributed by atoms with E-state index in [4.69, 9.17) is 33.2 Å². The summed E-state index contributed by atoms with van der Waals surface area (Å²) in [6.07, 6.45) is 17.7. The van der Waals surface area contributed by atoms with Crippen LogP contribution in [0.4, 0.5) is 0 Å². The van der Waals surface area contributed by atoms with Gasteiger partial charge in [-0.25, -0.2) is 0 Å². The van der Waals surface area contributed by atoms with Crippen molar-refractivity contribution in [1.82, 2.24) is 0 Å². The van der Waals surface area contributed by atoms with Gasteiger partial charge >= 0.3 is 6.00 Å². The molecule has 0 saturated carbocycles. The zero-order chi connectivity index (χ0) is 14.4. The molecule has 0 saturated heterocycles. The molecular weight excluding hydrogens is 327 g/mol. The minimum absolute atomic E-state index is 0.422. The van der Waals surface area contributed by atoms with E-state index in [1.165, 1.54) is 64.2 Å². The van der Waals surface area contributed by atoms with Crippen LogP contribution < -0.4 is 0 Å². The minimum Gasteiger partial charge on any atom is -0.126 e. The Balaban J connectivity index is 2.18. The highest BCUT2D eigenvalue weighted by molar-refractivity contribution is 7.64. The Bertz CT molecular complexity index is 340. The molecule has 0 heterocycles. The summed E-state index contributed by atoms with van der Waals surface area (Å²) < 4.78 is 0. The average Bonchev–Trinajstić information content (AvgIpc) is 2.80. The third-order valence-electron chi connectivity index (χ3n) is 4.48. The second-order valence-electron chi connectivity index (χ2n) is 6.13. The first-order valence-corrected chi connectivity index (χ1v) is 13.2. The molecule has 20 heavy (non-hydrogen) atoms. The van der Waals surface area contributed by atoms with Crippen LogP contribution in [0.1, 0.15) is 64.2 Å². The van der Waals surface area contributed by atoms with Gasteiger partial charge in [0.1, 0.15) is 0 Å². The van der Waals surface area contributed by atoms with Crippen LogP contribution in [-0.4, -0.2) is 6.00 Å². The molecule has 0 N–H and O–H groups in total. The zero-order valence-electron chi connectivity index (χ0n) is 12.1. The van der Waals surface area contributed by atoms with Crippen LogP contribution in [0.15, 0.2) is 23.3 Å². The van der Waals surface area contributed by atoms with Crippen LogP contribution >= 0.6 is 33.2 Å². The SMILES string of the molecule is Cl[Si](Cl)(Cl)CC(C1=CCCCCC1)C1=CCCCCC1. The molecule has 0 aromatic carbocycles. The molecule has 0 aromatic rings. The van der Waals surface area contributed by atoms with Crippen molar-refractivity contribution in [1.29, 1.82) is 0 Å². The van der Waals surface area contributed by atoms with Gasteiger partial charge in [0, 0.05) is 5.92 Å². The van der Waals surface area contributed by atoms with Crippen LogP contribution in [0.5, 0.6) is 0 Å². The van der Waals surface area contributed by atoms with Gasteiger partial charge in [0.15, 0.2) is 0 Å². The molecule has 0 fully saturated rings. The fraction of sp³-hybridized carbons (Fsp3) is 0.750. The van der Waals surface area contributed by atoms with Crippen molar-refractivity contribution < 1.29 is 0 Å². The lowest BCUT2D eigenvalue weighted by Crippen LogP contribution is -2.19. The molecular formula is C16H25Cl3Si. The van der Waals surface area contributed by atoms with E-state index in [0.717, 1.165) is 6.04 Å². The molecule has 0 nitrogen and oxygen atoms in total. The Morgan fingerprint density at radius 3 is 1.75 bits per heavy atom. The standard InChI is InChI=1S/C16H25Cl3Si/c17-20(18,19)13-16(14-9-5-1-2-6-10-14)15-11-7-3-4-8-12-15/h9,11,16H,1-8,10,12-13H2. The molecule has 0 unspecified atom stereocenters. The smallest absolute Gasteiger partial charge is 0.126 e. The van der Waals surface area contributed by atoms with Crippen molar-refractivity contribution >= 4 is 39.2 Å². The molecule has 0 spiro atoms. The first-order chi connectivity index (χ1) is 9.56. The number of hydrogen-bond donors (Lipinski definition) is 0. The largest absolute Gasteiger partial charge is 0.342 e. The molecule has 4 heteroatoms. The predicted molar refractivity (Wildman–Crippen MR) is 93.9 cm³/mol. The zero-order valence-corrected chi connectivity index (χ0v) is 15.4. The minimum atomic E-state index is -2.59. The van der Waals surface area contributed by atoms with Crippen LogP contribution in [0.3, 0.4) is 0 Å². The quantitative estimate of drug-likeness (QED) is 0.289. The summed E-state index contributed by atoms with van der Waals surface area (Å²) in [5, 5.41) is 0. The van der Waals surface area contributed by atoms with E-state index in [0.29, 0.717) is 5.92 Å². The number of allylic oxidation sites excluding steroid dienone is 4. The van der Waals surface area contributed by atoms with Crippen LogP contribution in [0, 0.1) is 5.92 Å². The lowest BCUT2D eigenvalue weighted by Gasteiger charge is -2.25. The van der Waals surface area contributed by atoms with Gasteiger partial charge in [0.25, 0.3) is 0 Å². The highest BCUT2D eigenvalue weighted by Crippen LogP contribution is 2.41. The van der Waals surface area contributed by atoms with Crippen molar-refractivity contribution in [3.63, 3.8) is 0 Å². The van der Waals surface area contributed by atoms with Gasteiger partial charge in [-0.05, 0) is 57.4 Å². The van der Waals surface area contributed by atoms with Gasteiger partial charge in [-0.3, -0.25) is 0 Å². The maximum atomic E-state index is 6.26. The monoisotopic (exact) mass is 350 g/mol. The van der Waals surface area contributed by atoms with E-state index in [1.807, 2.05) is 0 Å². The van der Waals surface area contributed by atoms with E-state index in [9.17, 15) is 0 Å². The van der Waals surface area contributed by atoms with Crippen LogP contribution in [-0.2, 0) is 0 Å². The van der Waals surface area contributed by atoms with E-state index in [-0.39, 0.29) is 0 Å². The second kappa shape index (κ2) is 8.27. The second-order valence-corrected chi connectivity index (χ2v) is 15.3. The average molecular weight is 352 g/mol. The topological polar surface area (TPSA) is 0 Å². The molecule has 0 amide bonds. The molecule has 2 rings (SSSR count). The van der Waals surface area contributed by atoms with Crippen LogP contribution in [0.2, 0.25) is 6.04 Å². The molecule has 0 aromatic heterocycles. The van der Waals surface area contributed by atoms with Gasteiger partial charge < -0.3 is 0 Å². The summed E-state index contributed by atoms with van der Waals surface area (Å²) in [6, 6.07) is -1.81. The summed E-state index contributed by atoms with van der Waals surface area (Å²) in [4.78, 5) is 0. The third-order valence-corrected chi connectivity index (χ3v) is 6.74. The number of hydrogen-bond acceptors (Lipinski definition) is 0. The molecule has 0 bridgehead atoms. The highest BCUT2D eigenvalue weighted by Gasteiger charge is 2.33. The van der Waals surface area contributed by atoms with Crippen molar-refractivity contribution in [2.24, 2.45) is 5.92 Å². The predicted octanol–water partition coefficient (Wildman–Crippen LogP) is 7.04. The molecule has 0 atom stereocenters. The molecule has 2 aliphatic carbocycles. The van der Waals surface area contributed by atoms with Crippen molar-refractivity contribution in [2.45, 2.75) is 70.3 Å². The van der Waals surface area contributed by atoms with Crippen LogP contribution in [0.25, 0.3) is 0 Å². The summed E-state index contributed by atoms with van der Waals surface area (Å²) in [6.45, 7) is 0. The molecule has 0 radical (unpaired) electrons. The van der Waals surface area contributed by atoms with E-state index in [1.54, 1.807) is 11.1 Å². The Kier molecular flexibility index (Phi) is 7.00. The first-order valence-electron chi connectivity index (χ1n) is 8.01. The lowest BCUT2D eigenvalue weighted by molar-refractivity contribution is 0.644. The summed E-state index contributed by atoms with van der Waals surface area (Å²) in [7, 11) is 0. The van der Waals surface area contributed by atoms with Crippen molar-refractivity contribution in [3.05, 3.63) is 23.3 Å². The van der Waals surface area contributed by atoms with E-state index < -0.39 is 6.00 Å². The maximum Gasteiger partial charge on any atom is 0.342 e. The Morgan fingerprint density at radius 2 is 1.30 bits per heavy atom. The van der Waals surface area contributed by atoms with Gasteiger partial charge in [-0.2, -0.15) is 0 Å². The molecule has 2 aliphatic rings. The van der Waals surface area contributed by atoms with Gasteiger partial charge in [-0.15, -0.1) is 33.2 Å². The lowest BCUT2D eigenvalue weighted by atomic mass is 9.87. The summed E-state index contributed by atoms with van der Waals surface area (Å²) in [5.74, 6) is 0.422. The highest BCUT2D eigenvalue weighted by atomic mass is 35.8. The number of halogens is 3. The van der Waals surface area contributed by atoms with Gasteiger partial charge in [0.05, 0.1) is 0 Å². The first kappa shape index (κ1) is 16.9. The van der Waals surface area contributed by atoms with E-state index >= 15 is 0 Å². The summed E-state index contributed by atoms with van der Waals surface area (Å²) in [5.41, 5.74) is 3.13. The molecule has 0 aliphatic heterocycles. The van der Waals surface area contributed by atoms with Gasteiger partial charge in [-0.1, -0.05) is 36.1 Å². The van der Waals surface area contributed by atoms with Crippen molar-refractivity contribution in [2.75, 3.05) is 0 Å². The fourth-order valence-corrected chi connectivity index (χ4v) is 5.82. The van der Waals surface area contributed by atoms with E-state index in [2.05, 4.69) is 12.2 Å². The van der Waals surface area contributed by atoms with Crippen molar-refractivity contribution in [3.8, 4) is 0 Å². The fourth-order valence-electron chi connectivity index (χ4n) is 3.44. The normalized spacial score (nSPS) is 22.0. The Labute approximate surface area is 138 Å². The number of rotatable bonds is 4. The molecule has 114 valence electrons. The van der Waals surface area contributed by atoms with Gasteiger partial charge in [0.2, 0.25) is 0 Å². The third kappa shape index (κ3) is 5.75. The Morgan fingerprint density at radius 1 is 0.800 bits per heavy atom. The maximum absolute atomic E-state index is 6.26. The summed E-state index contributed by atoms with van der Waals surface area (Å²) >= 11 is 18.8.